The van der Waals surface area contributed by atoms with E-state index in [0.29, 0.717) is 57.8 Å². The van der Waals surface area contributed by atoms with Crippen molar-refractivity contribution in [3.8, 4) is 0 Å². The van der Waals surface area contributed by atoms with Crippen molar-refractivity contribution in [1.82, 2.24) is 5.32 Å². The smallest absolute Gasteiger partial charge is 0.418 e. The summed E-state index contributed by atoms with van der Waals surface area (Å²) in [6.07, 6.45) is -3.87. The summed E-state index contributed by atoms with van der Waals surface area (Å²) < 4.78 is 44.0. The fourth-order valence-electron chi connectivity index (χ4n) is 3.02. The molecule has 0 amide bonds. The summed E-state index contributed by atoms with van der Waals surface area (Å²) in [4.78, 5) is 11.5. The van der Waals surface area contributed by atoms with Crippen molar-refractivity contribution < 1.29 is 22.7 Å². The number of benzene rings is 2. The van der Waals surface area contributed by atoms with Gasteiger partial charge in [0.1, 0.15) is 6.61 Å². The van der Waals surface area contributed by atoms with Gasteiger partial charge in [0.2, 0.25) is 0 Å². The minimum atomic E-state index is -4.33. The number of carbonyl (C=O) groups is 1. The van der Waals surface area contributed by atoms with Gasteiger partial charge in [-0.05, 0) is 36.2 Å². The number of rotatable bonds is 6. The lowest BCUT2D eigenvalue weighted by molar-refractivity contribution is -0.137. The van der Waals surface area contributed by atoms with E-state index < -0.39 is 11.7 Å². The Kier molecular flexibility index (Phi) is 8.95. The zero-order valence-electron chi connectivity index (χ0n) is 16.1. The summed E-state index contributed by atoms with van der Waals surface area (Å²) in [7, 11) is 0. The van der Waals surface area contributed by atoms with Crippen LogP contribution in [0.2, 0.25) is 0 Å². The molecule has 0 aliphatic carbocycles. The Hall–Kier alpha value is -2.58. The molecule has 1 fully saturated rings. The molecule has 0 bridgehead atoms. The maximum Gasteiger partial charge on any atom is 0.418 e. The molecule has 0 unspecified atom stereocenters. The first kappa shape index (κ1) is 22.7. The Bertz CT molecular complexity index is 749. The Morgan fingerprint density at radius 1 is 1.07 bits per heavy atom. The number of hydrogen-bond donors (Lipinski definition) is 2. The van der Waals surface area contributed by atoms with E-state index in [2.05, 4.69) is 10.1 Å². The van der Waals surface area contributed by atoms with Crippen LogP contribution in [-0.4, -0.2) is 39.2 Å². The molecule has 0 radical (unpaired) electrons. The average Bonchev–Trinajstić information content (AvgIpc) is 2.74. The fraction of sp³-hybridized carbons (Fsp3) is 0.381. The number of hydrogen-bond acceptors (Lipinski definition) is 5. The van der Waals surface area contributed by atoms with Gasteiger partial charge in [0.25, 0.3) is 6.47 Å². The number of halogens is 3. The molecule has 0 saturated carbocycles. The third-order valence-corrected chi connectivity index (χ3v) is 4.42. The second-order valence-electron chi connectivity index (χ2n) is 6.52. The molecule has 2 aromatic carbocycles. The van der Waals surface area contributed by atoms with Crippen molar-refractivity contribution in [2.24, 2.45) is 5.73 Å². The van der Waals surface area contributed by atoms with Gasteiger partial charge < -0.3 is 20.7 Å². The predicted molar refractivity (Wildman–Crippen MR) is 107 cm³/mol. The lowest BCUT2D eigenvalue weighted by Crippen LogP contribution is -2.44. The van der Waals surface area contributed by atoms with Gasteiger partial charge in [0.15, 0.2) is 0 Å². The van der Waals surface area contributed by atoms with E-state index in [-0.39, 0.29) is 5.69 Å². The molecule has 0 aromatic heterocycles. The SMILES string of the molecule is NCCc1ccc(N2CCNCC2)c(C(F)(F)F)c1.O=COCc1ccccc1. The number of piperazine rings is 1. The average molecular weight is 409 g/mol. The van der Waals surface area contributed by atoms with Crippen LogP contribution in [-0.2, 0) is 28.7 Å². The van der Waals surface area contributed by atoms with Crippen molar-refractivity contribution in [1.29, 1.82) is 0 Å². The van der Waals surface area contributed by atoms with Crippen LogP contribution in [0.1, 0.15) is 16.7 Å². The summed E-state index contributed by atoms with van der Waals surface area (Å²) >= 11 is 0. The highest BCUT2D eigenvalue weighted by atomic mass is 19.4. The van der Waals surface area contributed by atoms with Gasteiger partial charge in [-0.15, -0.1) is 0 Å². The van der Waals surface area contributed by atoms with Crippen molar-refractivity contribution in [3.63, 3.8) is 0 Å². The minimum Gasteiger partial charge on any atom is -0.463 e. The Labute approximate surface area is 168 Å². The number of nitrogens with one attached hydrogen (secondary N) is 1. The van der Waals surface area contributed by atoms with Crippen molar-refractivity contribution in [3.05, 3.63) is 65.2 Å². The van der Waals surface area contributed by atoms with E-state index in [1.165, 1.54) is 6.07 Å². The van der Waals surface area contributed by atoms with Gasteiger partial charge in [0, 0.05) is 31.9 Å². The molecule has 2 aromatic rings. The minimum absolute atomic E-state index is 0.273. The summed E-state index contributed by atoms with van der Waals surface area (Å²) in [5.41, 5.74) is 6.76. The molecule has 3 N–H and O–H groups in total. The maximum absolute atomic E-state index is 13.2. The van der Waals surface area contributed by atoms with Crippen LogP contribution < -0.4 is 16.0 Å². The lowest BCUT2D eigenvalue weighted by Gasteiger charge is -2.31. The van der Waals surface area contributed by atoms with Crippen molar-refractivity contribution >= 4 is 12.2 Å². The fourth-order valence-corrected chi connectivity index (χ4v) is 3.02. The highest BCUT2D eigenvalue weighted by Gasteiger charge is 2.35. The zero-order chi connectivity index (χ0) is 21.1. The van der Waals surface area contributed by atoms with Crippen LogP contribution in [0.4, 0.5) is 18.9 Å². The summed E-state index contributed by atoms with van der Waals surface area (Å²) in [6, 6.07) is 14.1. The molecule has 29 heavy (non-hydrogen) atoms. The Morgan fingerprint density at radius 3 is 2.34 bits per heavy atom. The van der Waals surface area contributed by atoms with E-state index in [4.69, 9.17) is 5.73 Å². The van der Waals surface area contributed by atoms with Gasteiger partial charge in [-0.25, -0.2) is 0 Å². The Balaban J connectivity index is 0.000000253. The topological polar surface area (TPSA) is 67.6 Å². The number of anilines is 1. The summed E-state index contributed by atoms with van der Waals surface area (Å²) in [6.45, 7) is 3.78. The monoisotopic (exact) mass is 409 g/mol. The van der Waals surface area contributed by atoms with E-state index in [0.717, 1.165) is 5.56 Å². The first-order valence-corrected chi connectivity index (χ1v) is 9.40. The van der Waals surface area contributed by atoms with E-state index in [9.17, 15) is 18.0 Å². The van der Waals surface area contributed by atoms with Crippen LogP contribution in [0.3, 0.4) is 0 Å². The highest BCUT2D eigenvalue weighted by molar-refractivity contribution is 5.57. The molecule has 3 rings (SSSR count). The van der Waals surface area contributed by atoms with E-state index in [1.807, 2.05) is 30.3 Å². The summed E-state index contributed by atoms with van der Waals surface area (Å²) in [5, 5.41) is 3.13. The van der Waals surface area contributed by atoms with Crippen LogP contribution in [0.15, 0.2) is 48.5 Å². The van der Waals surface area contributed by atoms with Crippen molar-refractivity contribution in [2.45, 2.75) is 19.2 Å². The first-order chi connectivity index (χ1) is 14.0. The molecular weight excluding hydrogens is 383 g/mol. The second kappa shape index (κ2) is 11.4. The number of nitrogens with zero attached hydrogens (tertiary/aromatic N) is 1. The largest absolute Gasteiger partial charge is 0.463 e. The third-order valence-electron chi connectivity index (χ3n) is 4.42. The van der Waals surface area contributed by atoms with Gasteiger partial charge in [-0.3, -0.25) is 4.79 Å². The number of nitrogens with two attached hydrogens (primary N) is 1. The molecule has 1 aliphatic heterocycles. The number of carbonyl (C=O) groups excluding carboxylic acids is 1. The third kappa shape index (κ3) is 7.40. The normalized spacial score (nSPS) is 14.0. The van der Waals surface area contributed by atoms with Gasteiger partial charge >= 0.3 is 6.18 Å². The van der Waals surface area contributed by atoms with Crippen LogP contribution in [0, 0.1) is 0 Å². The lowest BCUT2D eigenvalue weighted by atomic mass is 10.0. The van der Waals surface area contributed by atoms with E-state index in [1.54, 1.807) is 17.0 Å². The van der Waals surface area contributed by atoms with Crippen LogP contribution >= 0.6 is 0 Å². The molecule has 8 heteroatoms. The highest BCUT2D eigenvalue weighted by Crippen LogP contribution is 2.37. The van der Waals surface area contributed by atoms with E-state index >= 15 is 0 Å². The number of alkyl halides is 3. The maximum atomic E-state index is 13.2. The van der Waals surface area contributed by atoms with Gasteiger partial charge in [-0.2, -0.15) is 13.2 Å². The predicted octanol–water partition coefficient (Wildman–Crippen LogP) is 2.98. The molecular formula is C21H26F3N3O2. The molecule has 5 nitrogen and oxygen atoms in total. The molecule has 1 heterocycles. The zero-order valence-corrected chi connectivity index (χ0v) is 16.1. The molecule has 1 saturated heterocycles. The van der Waals surface area contributed by atoms with Crippen LogP contribution in [0.25, 0.3) is 0 Å². The summed E-state index contributed by atoms with van der Waals surface area (Å²) in [5.74, 6) is 0. The van der Waals surface area contributed by atoms with Crippen molar-refractivity contribution in [2.75, 3.05) is 37.6 Å². The molecule has 1 aliphatic rings. The first-order valence-electron chi connectivity index (χ1n) is 9.40. The standard InChI is InChI=1S/C13H18F3N3.C8H8O2/c14-13(15,16)11-9-10(3-4-17)1-2-12(11)19-7-5-18-6-8-19;9-7-10-6-8-4-2-1-3-5-8/h1-2,9,18H,3-8,17H2;1-5,7H,6H2. The Morgan fingerprint density at radius 2 is 1.76 bits per heavy atom. The molecule has 0 atom stereocenters. The molecule has 0 spiro atoms. The molecule has 158 valence electrons. The van der Waals surface area contributed by atoms with Gasteiger partial charge in [0.05, 0.1) is 5.56 Å². The number of ether oxygens (including phenoxy) is 1. The van der Waals surface area contributed by atoms with Gasteiger partial charge in [-0.1, -0.05) is 36.4 Å². The van der Waals surface area contributed by atoms with Crippen LogP contribution in [0.5, 0.6) is 0 Å². The quantitative estimate of drug-likeness (QED) is 0.718. The second-order valence-corrected chi connectivity index (χ2v) is 6.52.